The Labute approximate surface area is 142 Å². The Bertz CT molecular complexity index is 184. The van der Waals surface area contributed by atoms with Crippen molar-refractivity contribution in [2.75, 3.05) is 0 Å². The zero-order valence-electron chi connectivity index (χ0n) is 15.7. The molecule has 0 nitrogen and oxygen atoms in total. The lowest BCUT2D eigenvalue weighted by Crippen LogP contribution is -1.95. The first kappa shape index (κ1) is 22.0. The zero-order valence-corrected chi connectivity index (χ0v) is 15.7. The van der Waals surface area contributed by atoms with Crippen LogP contribution >= 0.6 is 0 Å². The predicted octanol–water partition coefficient (Wildman–Crippen LogP) is 8.31. The fourth-order valence-corrected chi connectivity index (χ4v) is 3.25. The van der Waals surface area contributed by atoms with Crippen molar-refractivity contribution < 1.29 is 0 Å². The normalized spacial score (nSPS) is 12.7. The van der Waals surface area contributed by atoms with E-state index in [0.29, 0.717) is 0 Å². The van der Waals surface area contributed by atoms with Gasteiger partial charge >= 0.3 is 0 Å². The van der Waals surface area contributed by atoms with Crippen LogP contribution in [0.25, 0.3) is 0 Å². The average Bonchev–Trinajstić information content (AvgIpc) is 2.52. The van der Waals surface area contributed by atoms with Gasteiger partial charge in [0.2, 0.25) is 0 Å². The zero-order chi connectivity index (χ0) is 16.3. The molecule has 0 aliphatic carbocycles. The van der Waals surface area contributed by atoms with Crippen LogP contribution in [0.5, 0.6) is 0 Å². The van der Waals surface area contributed by atoms with Gasteiger partial charge in [-0.3, -0.25) is 0 Å². The second kappa shape index (κ2) is 19.0. The maximum atomic E-state index is 3.91. The van der Waals surface area contributed by atoms with Crippen molar-refractivity contribution >= 4 is 0 Å². The van der Waals surface area contributed by atoms with Crippen molar-refractivity contribution in [2.24, 2.45) is 5.92 Å². The Morgan fingerprint density at radius 3 is 1.05 bits per heavy atom. The third-order valence-electron chi connectivity index (χ3n) is 4.89. The minimum atomic E-state index is 0.952. The highest BCUT2D eigenvalue weighted by molar-refractivity contribution is 4.56. The Kier molecular flexibility index (Phi) is 19.0. The van der Waals surface area contributed by atoms with Crippen LogP contribution in [0.15, 0.2) is 0 Å². The van der Waals surface area contributed by atoms with Gasteiger partial charge in [0.25, 0.3) is 0 Å². The summed E-state index contributed by atoms with van der Waals surface area (Å²) in [6.45, 7) is 10.3. The molecule has 0 saturated carbocycles. The summed E-state index contributed by atoms with van der Waals surface area (Å²) in [5.41, 5.74) is 0. The molecule has 132 valence electrons. The number of unbranched alkanes of at least 4 members (excludes halogenated alkanes) is 14. The molecule has 0 saturated heterocycles. The van der Waals surface area contributed by atoms with Crippen LogP contribution in [0, 0.1) is 19.8 Å². The highest BCUT2D eigenvalue weighted by atomic mass is 14.1. The van der Waals surface area contributed by atoms with E-state index >= 15 is 0 Å². The van der Waals surface area contributed by atoms with E-state index in [-0.39, 0.29) is 0 Å². The van der Waals surface area contributed by atoms with Crippen molar-refractivity contribution in [1.82, 2.24) is 0 Å². The maximum absolute atomic E-state index is 3.91. The molecule has 0 fully saturated rings. The van der Waals surface area contributed by atoms with Crippen LogP contribution in [-0.2, 0) is 0 Å². The second-order valence-corrected chi connectivity index (χ2v) is 7.34. The molecule has 0 aromatic carbocycles. The molecule has 0 spiro atoms. The van der Waals surface area contributed by atoms with Crippen LogP contribution in [0.1, 0.15) is 122 Å². The standard InChI is InChI=1S/C22H44/c1-4-6-8-10-11-12-13-14-15-17-19-21-22(3)20-18-16-9-7-5-2/h22H,1-2,4-21H2,3H3. The number of hydrogen-bond acceptors (Lipinski definition) is 0. The van der Waals surface area contributed by atoms with Crippen molar-refractivity contribution in [2.45, 2.75) is 122 Å². The molecule has 2 radical (unpaired) electrons. The quantitative estimate of drug-likeness (QED) is 0.223. The van der Waals surface area contributed by atoms with Crippen molar-refractivity contribution in [3.05, 3.63) is 13.8 Å². The van der Waals surface area contributed by atoms with Crippen LogP contribution < -0.4 is 0 Å². The van der Waals surface area contributed by atoms with Crippen LogP contribution in [0.2, 0.25) is 0 Å². The van der Waals surface area contributed by atoms with E-state index in [4.69, 9.17) is 0 Å². The van der Waals surface area contributed by atoms with Gasteiger partial charge in [0.05, 0.1) is 0 Å². The van der Waals surface area contributed by atoms with Crippen LogP contribution in [0.3, 0.4) is 0 Å². The molecule has 22 heavy (non-hydrogen) atoms. The molecule has 0 aliphatic rings. The Balaban J connectivity index is 3.09. The fourth-order valence-electron chi connectivity index (χ4n) is 3.25. The first-order valence-electron chi connectivity index (χ1n) is 10.4. The van der Waals surface area contributed by atoms with Gasteiger partial charge in [-0.2, -0.15) is 0 Å². The largest absolute Gasteiger partial charge is 0.0625 e. The summed E-state index contributed by atoms with van der Waals surface area (Å²) in [4.78, 5) is 0. The predicted molar refractivity (Wildman–Crippen MR) is 103 cm³/mol. The van der Waals surface area contributed by atoms with Gasteiger partial charge in [-0.05, 0) is 5.92 Å². The van der Waals surface area contributed by atoms with Gasteiger partial charge in [-0.1, -0.05) is 136 Å². The smallest absolute Gasteiger partial charge is 0.0443 e. The minimum Gasteiger partial charge on any atom is -0.0625 e. The van der Waals surface area contributed by atoms with E-state index < -0.39 is 0 Å². The van der Waals surface area contributed by atoms with Crippen LogP contribution in [-0.4, -0.2) is 0 Å². The fraction of sp³-hybridized carbons (Fsp3) is 0.909. The summed E-state index contributed by atoms with van der Waals surface area (Å²) in [6, 6.07) is 0. The lowest BCUT2D eigenvalue weighted by Gasteiger charge is -2.11. The van der Waals surface area contributed by atoms with E-state index in [2.05, 4.69) is 20.8 Å². The minimum absolute atomic E-state index is 0.952. The molecule has 0 aliphatic heterocycles. The molecule has 0 aromatic rings. The van der Waals surface area contributed by atoms with Gasteiger partial charge in [0.1, 0.15) is 0 Å². The highest BCUT2D eigenvalue weighted by Crippen LogP contribution is 2.18. The third-order valence-corrected chi connectivity index (χ3v) is 4.89. The Morgan fingerprint density at radius 1 is 0.455 bits per heavy atom. The van der Waals surface area contributed by atoms with Gasteiger partial charge in [-0.25, -0.2) is 0 Å². The number of hydrogen-bond donors (Lipinski definition) is 0. The van der Waals surface area contributed by atoms with Crippen molar-refractivity contribution in [1.29, 1.82) is 0 Å². The summed E-state index contributed by atoms with van der Waals surface area (Å²) in [7, 11) is 0. The van der Waals surface area contributed by atoms with E-state index in [1.54, 1.807) is 0 Å². The lowest BCUT2D eigenvalue weighted by atomic mass is 9.96. The molecular formula is C22H44. The monoisotopic (exact) mass is 308 g/mol. The van der Waals surface area contributed by atoms with Gasteiger partial charge in [0.15, 0.2) is 0 Å². The van der Waals surface area contributed by atoms with E-state index in [1.165, 1.54) is 103 Å². The highest BCUT2D eigenvalue weighted by Gasteiger charge is 2.02. The van der Waals surface area contributed by atoms with Crippen molar-refractivity contribution in [3.8, 4) is 0 Å². The SMILES string of the molecule is [CH2]CCCCCCCCCCCCC(C)CCCCCC[CH2]. The molecule has 0 amide bonds. The van der Waals surface area contributed by atoms with Crippen LogP contribution in [0.4, 0.5) is 0 Å². The summed E-state index contributed by atoms with van der Waals surface area (Å²) in [5.74, 6) is 0.952. The molecule has 0 heterocycles. The molecule has 0 rings (SSSR count). The molecule has 0 heteroatoms. The van der Waals surface area contributed by atoms with Gasteiger partial charge < -0.3 is 0 Å². The Hall–Kier alpha value is 0. The van der Waals surface area contributed by atoms with Gasteiger partial charge in [-0.15, -0.1) is 0 Å². The summed E-state index contributed by atoms with van der Waals surface area (Å²) in [6.07, 6.45) is 25.1. The Morgan fingerprint density at radius 2 is 0.727 bits per heavy atom. The first-order chi connectivity index (χ1) is 10.8. The number of rotatable bonds is 18. The van der Waals surface area contributed by atoms with E-state index in [1.807, 2.05) is 0 Å². The molecule has 0 bridgehead atoms. The second-order valence-electron chi connectivity index (χ2n) is 7.34. The third kappa shape index (κ3) is 18.1. The van der Waals surface area contributed by atoms with Gasteiger partial charge in [0, 0.05) is 0 Å². The first-order valence-corrected chi connectivity index (χ1v) is 10.4. The summed E-state index contributed by atoms with van der Waals surface area (Å²) >= 11 is 0. The topological polar surface area (TPSA) is 0 Å². The average molecular weight is 309 g/mol. The molecule has 1 unspecified atom stereocenters. The molecule has 1 atom stereocenters. The maximum Gasteiger partial charge on any atom is -0.0443 e. The van der Waals surface area contributed by atoms with E-state index in [9.17, 15) is 0 Å². The van der Waals surface area contributed by atoms with E-state index in [0.717, 1.165) is 18.8 Å². The summed E-state index contributed by atoms with van der Waals surface area (Å²) < 4.78 is 0. The molecule has 0 N–H and O–H groups in total. The molecule has 0 aromatic heterocycles. The summed E-state index contributed by atoms with van der Waals surface area (Å²) in [5, 5.41) is 0. The van der Waals surface area contributed by atoms with Crippen molar-refractivity contribution in [3.63, 3.8) is 0 Å². The lowest BCUT2D eigenvalue weighted by molar-refractivity contribution is 0.432. The molecular weight excluding hydrogens is 264 g/mol.